The van der Waals surface area contributed by atoms with Gasteiger partial charge in [0.2, 0.25) is 0 Å². The van der Waals surface area contributed by atoms with Gasteiger partial charge in [-0.2, -0.15) is 0 Å². The molecular formula is C48H31NS. The molecule has 0 radical (unpaired) electrons. The second-order valence-corrected chi connectivity index (χ2v) is 14.0. The van der Waals surface area contributed by atoms with Crippen molar-refractivity contribution in [3.05, 3.63) is 188 Å². The zero-order valence-electron chi connectivity index (χ0n) is 27.3. The summed E-state index contributed by atoms with van der Waals surface area (Å²) in [6, 6.07) is 68.7. The monoisotopic (exact) mass is 653 g/mol. The summed E-state index contributed by atoms with van der Waals surface area (Å²) in [4.78, 5) is 2.42. The van der Waals surface area contributed by atoms with Gasteiger partial charge in [-0.3, -0.25) is 0 Å². The number of nitrogens with zero attached hydrogens (tertiary/aromatic N) is 1. The highest BCUT2D eigenvalue weighted by Crippen LogP contribution is 2.49. The highest BCUT2D eigenvalue weighted by Gasteiger charge is 2.21. The van der Waals surface area contributed by atoms with Gasteiger partial charge < -0.3 is 4.90 Å². The molecule has 10 aromatic rings. The van der Waals surface area contributed by atoms with E-state index in [0.29, 0.717) is 0 Å². The molecule has 50 heavy (non-hydrogen) atoms. The van der Waals surface area contributed by atoms with Crippen molar-refractivity contribution < 1.29 is 0 Å². The first-order valence-electron chi connectivity index (χ1n) is 17.1. The van der Waals surface area contributed by atoms with E-state index in [1.165, 1.54) is 80.4 Å². The lowest BCUT2D eigenvalue weighted by Gasteiger charge is -2.27. The number of anilines is 3. The van der Waals surface area contributed by atoms with E-state index < -0.39 is 0 Å². The third-order valence-electron chi connectivity index (χ3n) is 10.0. The molecule has 10 rings (SSSR count). The van der Waals surface area contributed by atoms with Crippen molar-refractivity contribution in [3.8, 4) is 22.3 Å². The molecule has 9 aromatic carbocycles. The molecule has 0 saturated carbocycles. The van der Waals surface area contributed by atoms with Gasteiger partial charge in [0.25, 0.3) is 0 Å². The summed E-state index contributed by atoms with van der Waals surface area (Å²) in [6.45, 7) is 0. The van der Waals surface area contributed by atoms with E-state index in [-0.39, 0.29) is 0 Å². The summed E-state index contributed by atoms with van der Waals surface area (Å²) >= 11 is 1.88. The van der Waals surface area contributed by atoms with Gasteiger partial charge in [0.15, 0.2) is 0 Å². The molecule has 0 amide bonds. The summed E-state index contributed by atoms with van der Waals surface area (Å²) in [6.07, 6.45) is 0. The molecule has 0 unspecified atom stereocenters. The molecule has 0 bridgehead atoms. The molecular weight excluding hydrogens is 623 g/mol. The lowest BCUT2D eigenvalue weighted by atomic mass is 9.91. The fourth-order valence-electron chi connectivity index (χ4n) is 7.72. The molecule has 1 heterocycles. The van der Waals surface area contributed by atoms with Crippen LogP contribution in [0.25, 0.3) is 74.7 Å². The molecule has 0 aliphatic carbocycles. The summed E-state index contributed by atoms with van der Waals surface area (Å²) in [7, 11) is 0. The molecule has 1 aromatic heterocycles. The summed E-state index contributed by atoms with van der Waals surface area (Å²) in [5.41, 5.74) is 8.40. The topological polar surface area (TPSA) is 3.24 Å². The molecule has 0 aliphatic heterocycles. The van der Waals surface area contributed by atoms with Crippen LogP contribution < -0.4 is 4.90 Å². The van der Waals surface area contributed by atoms with Crippen molar-refractivity contribution in [3.63, 3.8) is 0 Å². The highest BCUT2D eigenvalue weighted by atomic mass is 32.1. The molecule has 0 aliphatic rings. The van der Waals surface area contributed by atoms with Gasteiger partial charge in [-0.1, -0.05) is 140 Å². The average molecular weight is 654 g/mol. The van der Waals surface area contributed by atoms with Crippen LogP contribution in [0, 0.1) is 0 Å². The van der Waals surface area contributed by atoms with Crippen LogP contribution in [0.3, 0.4) is 0 Å². The molecule has 0 atom stereocenters. The van der Waals surface area contributed by atoms with Crippen LogP contribution in [-0.4, -0.2) is 0 Å². The zero-order valence-corrected chi connectivity index (χ0v) is 28.1. The van der Waals surface area contributed by atoms with Crippen molar-refractivity contribution in [2.24, 2.45) is 0 Å². The third kappa shape index (κ3) is 4.69. The minimum atomic E-state index is 1.13. The van der Waals surface area contributed by atoms with Gasteiger partial charge in [0, 0.05) is 31.5 Å². The average Bonchev–Trinajstić information content (AvgIpc) is 3.58. The Morgan fingerprint density at radius 2 is 0.920 bits per heavy atom. The maximum Gasteiger partial charge on any atom is 0.0555 e. The number of hydrogen-bond acceptors (Lipinski definition) is 2. The van der Waals surface area contributed by atoms with Crippen molar-refractivity contribution in [2.75, 3.05) is 4.90 Å². The van der Waals surface area contributed by atoms with Crippen molar-refractivity contribution >= 4 is 80.9 Å². The number of rotatable bonds is 5. The van der Waals surface area contributed by atoms with Gasteiger partial charge in [-0.25, -0.2) is 0 Å². The van der Waals surface area contributed by atoms with Gasteiger partial charge in [0.1, 0.15) is 0 Å². The molecule has 2 heteroatoms. The Balaban J connectivity index is 1.20. The molecule has 0 fully saturated rings. The quantitative estimate of drug-likeness (QED) is 0.167. The summed E-state index contributed by atoms with van der Waals surface area (Å²) in [5, 5.41) is 10.2. The Kier molecular flexibility index (Phi) is 6.75. The SMILES string of the molecule is c1ccc(N(c2ccc(-c3ccc4ccccc4c3)cc2)c2cccc3sc4cccc(-c5cccc6ccc7ccccc7c56)c4c23)cc1. The number of fused-ring (bicyclic) bond motifs is 7. The minimum Gasteiger partial charge on any atom is -0.310 e. The van der Waals surface area contributed by atoms with Gasteiger partial charge >= 0.3 is 0 Å². The van der Waals surface area contributed by atoms with E-state index in [1.807, 2.05) is 11.3 Å². The van der Waals surface area contributed by atoms with Gasteiger partial charge in [-0.15, -0.1) is 11.3 Å². The molecule has 0 spiro atoms. The first-order chi connectivity index (χ1) is 24.8. The maximum atomic E-state index is 2.42. The molecule has 0 saturated heterocycles. The number of benzene rings is 9. The van der Waals surface area contributed by atoms with E-state index in [2.05, 4.69) is 193 Å². The summed E-state index contributed by atoms with van der Waals surface area (Å²) in [5.74, 6) is 0. The smallest absolute Gasteiger partial charge is 0.0555 e. The van der Waals surface area contributed by atoms with Crippen LogP contribution in [-0.2, 0) is 0 Å². The number of hydrogen-bond donors (Lipinski definition) is 0. The largest absolute Gasteiger partial charge is 0.310 e. The zero-order chi connectivity index (χ0) is 33.0. The number of para-hydroxylation sites is 1. The predicted octanol–water partition coefficient (Wildman–Crippen LogP) is 14.3. The fourth-order valence-corrected chi connectivity index (χ4v) is 8.87. The van der Waals surface area contributed by atoms with Crippen LogP contribution in [0.15, 0.2) is 188 Å². The second kappa shape index (κ2) is 11.7. The fraction of sp³-hybridized carbons (Fsp3) is 0. The van der Waals surface area contributed by atoms with Crippen molar-refractivity contribution in [1.82, 2.24) is 0 Å². The van der Waals surface area contributed by atoms with Crippen molar-refractivity contribution in [2.45, 2.75) is 0 Å². The Morgan fingerprint density at radius 3 is 1.76 bits per heavy atom. The van der Waals surface area contributed by atoms with Crippen LogP contribution in [0.5, 0.6) is 0 Å². The minimum absolute atomic E-state index is 1.13. The lowest BCUT2D eigenvalue weighted by molar-refractivity contribution is 1.30. The van der Waals surface area contributed by atoms with Crippen molar-refractivity contribution in [1.29, 1.82) is 0 Å². The lowest BCUT2D eigenvalue weighted by Crippen LogP contribution is -2.10. The predicted molar refractivity (Wildman–Crippen MR) is 217 cm³/mol. The molecule has 1 nitrogen and oxygen atoms in total. The Hall–Kier alpha value is -6.22. The Bertz CT molecular complexity index is 2870. The first-order valence-corrected chi connectivity index (χ1v) is 17.9. The Labute approximate surface area is 294 Å². The van der Waals surface area contributed by atoms with Crippen LogP contribution in [0.2, 0.25) is 0 Å². The third-order valence-corrected chi connectivity index (χ3v) is 11.1. The summed E-state index contributed by atoms with van der Waals surface area (Å²) < 4.78 is 2.57. The van der Waals surface area contributed by atoms with E-state index in [9.17, 15) is 0 Å². The van der Waals surface area contributed by atoms with Crippen LogP contribution in [0.4, 0.5) is 17.1 Å². The highest BCUT2D eigenvalue weighted by molar-refractivity contribution is 7.26. The van der Waals surface area contributed by atoms with Gasteiger partial charge in [-0.05, 0) is 103 Å². The number of thiophene rings is 1. The second-order valence-electron chi connectivity index (χ2n) is 12.9. The maximum absolute atomic E-state index is 2.42. The van der Waals surface area contributed by atoms with Crippen LogP contribution in [0.1, 0.15) is 0 Å². The molecule has 0 N–H and O–H groups in total. The first kappa shape index (κ1) is 28.8. The van der Waals surface area contributed by atoms with Crippen LogP contribution >= 0.6 is 11.3 Å². The van der Waals surface area contributed by atoms with E-state index >= 15 is 0 Å². The molecule has 234 valence electrons. The van der Waals surface area contributed by atoms with E-state index in [4.69, 9.17) is 0 Å². The Morgan fingerprint density at radius 1 is 0.340 bits per heavy atom. The standard InChI is InChI=1S/C48H31NS/c1-2-15-38(16-3-1)49(39-29-27-33(28-30-39)37-26-23-32-11-4-5-13-36(32)31-37)43-20-10-22-45-48(43)47-42(19-9-21-44(47)50-45)41-18-8-14-35-25-24-34-12-6-7-17-40(34)46(35)41/h1-31H. The normalized spacial score (nSPS) is 11.6. The van der Waals surface area contributed by atoms with Gasteiger partial charge in [0.05, 0.1) is 5.69 Å². The van der Waals surface area contributed by atoms with E-state index in [1.54, 1.807) is 0 Å². The van der Waals surface area contributed by atoms with E-state index in [0.717, 1.165) is 11.4 Å².